The molecule has 2 aliphatic heterocycles. The number of β-lactam (4-membered cyclic amide) rings is 1. The Labute approximate surface area is 253 Å². The van der Waals surface area contributed by atoms with Crippen LogP contribution in [0, 0.1) is 0 Å². The van der Waals surface area contributed by atoms with Crippen LogP contribution in [0.1, 0.15) is 22.8 Å². The van der Waals surface area contributed by atoms with E-state index in [1.54, 1.807) is 0 Å². The second-order valence-electron chi connectivity index (χ2n) is 9.81. The first-order chi connectivity index (χ1) is 21.0. The number of ether oxygens (including phenoxy) is 3. The Morgan fingerprint density at radius 1 is 0.930 bits per heavy atom. The molecule has 0 aromatic heterocycles. The summed E-state index contributed by atoms with van der Waals surface area (Å²) in [5, 5.41) is 2.28. The first-order valence-corrected chi connectivity index (χ1v) is 14.7. The third kappa shape index (κ3) is 6.98. The summed E-state index contributed by atoms with van der Waals surface area (Å²) in [4.78, 5) is 53.5. The Kier molecular flexibility index (Phi) is 9.58. The minimum atomic E-state index is -0.931. The van der Waals surface area contributed by atoms with E-state index in [2.05, 4.69) is 11.9 Å². The van der Waals surface area contributed by atoms with Crippen LogP contribution in [0.15, 0.2) is 115 Å². The molecule has 3 aromatic rings. The van der Waals surface area contributed by atoms with E-state index in [1.165, 1.54) is 22.7 Å². The smallest absolute Gasteiger partial charge is 0.448 e. The molecule has 0 aliphatic carbocycles. The molecule has 0 bridgehead atoms. The number of rotatable bonds is 11. The molecule has 10 heteroatoms. The zero-order valence-electron chi connectivity index (χ0n) is 23.2. The van der Waals surface area contributed by atoms with Crippen molar-refractivity contribution in [2.45, 2.75) is 23.9 Å². The maximum atomic E-state index is 13.9. The highest BCUT2D eigenvalue weighted by atomic mass is 32.2. The van der Waals surface area contributed by atoms with Crippen LogP contribution >= 0.6 is 11.8 Å². The molecule has 9 nitrogen and oxygen atoms in total. The van der Waals surface area contributed by atoms with Crippen molar-refractivity contribution in [1.82, 2.24) is 10.2 Å². The lowest BCUT2D eigenvalue weighted by Crippen LogP contribution is -2.70. The minimum absolute atomic E-state index is 0.00399. The molecule has 0 saturated carbocycles. The third-order valence-corrected chi connectivity index (χ3v) is 8.22. The molecule has 220 valence electrons. The van der Waals surface area contributed by atoms with Crippen LogP contribution in [0.3, 0.4) is 0 Å². The summed E-state index contributed by atoms with van der Waals surface area (Å²) < 4.78 is 16.2. The molecule has 1 unspecified atom stereocenters. The van der Waals surface area contributed by atoms with E-state index in [0.717, 1.165) is 16.7 Å². The van der Waals surface area contributed by atoms with Gasteiger partial charge in [-0.15, -0.1) is 11.8 Å². The van der Waals surface area contributed by atoms with Crippen molar-refractivity contribution in [1.29, 1.82) is 0 Å². The number of esters is 1. The van der Waals surface area contributed by atoms with Crippen LogP contribution in [-0.4, -0.2) is 59.2 Å². The van der Waals surface area contributed by atoms with E-state index in [-0.39, 0.29) is 37.0 Å². The molecule has 1 saturated heterocycles. The van der Waals surface area contributed by atoms with Gasteiger partial charge in [0.1, 0.15) is 30.3 Å². The average molecular weight is 599 g/mol. The Morgan fingerprint density at radius 3 is 2.14 bits per heavy atom. The summed E-state index contributed by atoms with van der Waals surface area (Å²) in [5.74, 6) is -1.23. The van der Waals surface area contributed by atoms with Gasteiger partial charge in [0.25, 0.3) is 5.91 Å². The molecule has 2 atom stereocenters. The molecule has 3 aromatic carbocycles. The van der Waals surface area contributed by atoms with Crippen molar-refractivity contribution in [3.8, 4) is 0 Å². The molecule has 2 heterocycles. The van der Waals surface area contributed by atoms with Gasteiger partial charge in [0.15, 0.2) is 6.10 Å². The van der Waals surface area contributed by atoms with E-state index in [4.69, 9.17) is 14.2 Å². The number of thioether (sulfide) groups is 1. The topological polar surface area (TPSA) is 111 Å². The van der Waals surface area contributed by atoms with Crippen molar-refractivity contribution < 1.29 is 33.4 Å². The lowest BCUT2D eigenvalue weighted by Gasteiger charge is -2.49. The molecule has 2 amide bonds. The normalized spacial score (nSPS) is 17.4. The van der Waals surface area contributed by atoms with E-state index in [1.807, 2.05) is 91.0 Å². The van der Waals surface area contributed by atoms with Gasteiger partial charge < -0.3 is 19.5 Å². The molecular weight excluding hydrogens is 568 g/mol. The van der Waals surface area contributed by atoms with Gasteiger partial charge in [-0.25, -0.2) is 9.59 Å². The molecule has 0 spiro atoms. The van der Waals surface area contributed by atoms with E-state index < -0.39 is 35.6 Å². The minimum Gasteiger partial charge on any atom is -0.448 e. The first kappa shape index (κ1) is 29.7. The number of amides is 2. The Bertz CT molecular complexity index is 1470. The number of nitrogens with zero attached hydrogens (tertiary/aromatic N) is 1. The summed E-state index contributed by atoms with van der Waals surface area (Å²) in [6.07, 6.45) is -0.162. The molecule has 1 fully saturated rings. The zero-order valence-corrected chi connectivity index (χ0v) is 24.0. The lowest BCUT2D eigenvalue weighted by atomic mass is 10.0. The molecular formula is C33H30N2O7S. The molecule has 5 rings (SSSR count). The number of carbonyl (C=O) groups excluding carboxylic acids is 4. The van der Waals surface area contributed by atoms with Crippen LogP contribution in [0.25, 0.3) is 0 Å². The molecule has 2 aliphatic rings. The fraction of sp³-hybridized carbons (Fsp3) is 0.212. The fourth-order valence-corrected chi connectivity index (χ4v) is 6.18. The maximum absolute atomic E-state index is 13.9. The predicted molar refractivity (Wildman–Crippen MR) is 161 cm³/mol. The molecule has 0 radical (unpaired) electrons. The number of nitrogens with one attached hydrogen (secondary N) is 1. The van der Waals surface area contributed by atoms with Crippen LogP contribution in [-0.2, 0) is 35.0 Å². The number of hydrogen-bond donors (Lipinski definition) is 1. The van der Waals surface area contributed by atoms with Crippen molar-refractivity contribution in [2.75, 3.05) is 19.0 Å². The zero-order chi connectivity index (χ0) is 30.2. The van der Waals surface area contributed by atoms with Crippen LogP contribution < -0.4 is 5.32 Å². The molecule has 1 N–H and O–H groups in total. The van der Waals surface area contributed by atoms with Gasteiger partial charge >= 0.3 is 12.1 Å². The van der Waals surface area contributed by atoms with Crippen LogP contribution in [0.2, 0.25) is 0 Å². The van der Waals surface area contributed by atoms with Gasteiger partial charge in [-0.1, -0.05) is 104 Å². The summed E-state index contributed by atoms with van der Waals surface area (Å²) in [5.41, 5.74) is 2.70. The quantitative estimate of drug-likeness (QED) is 0.194. The van der Waals surface area contributed by atoms with Gasteiger partial charge in [-0.2, -0.15) is 0 Å². The van der Waals surface area contributed by atoms with E-state index in [0.29, 0.717) is 5.57 Å². The predicted octanol–water partition coefficient (Wildman–Crippen LogP) is 4.56. The highest BCUT2D eigenvalue weighted by Gasteiger charge is 2.54. The van der Waals surface area contributed by atoms with Crippen molar-refractivity contribution >= 4 is 35.7 Å². The number of benzene rings is 3. The summed E-state index contributed by atoms with van der Waals surface area (Å²) in [6.45, 7) is 3.18. The van der Waals surface area contributed by atoms with Crippen molar-refractivity contribution in [3.63, 3.8) is 0 Å². The first-order valence-electron chi connectivity index (χ1n) is 13.7. The van der Waals surface area contributed by atoms with Gasteiger partial charge in [-0.3, -0.25) is 14.5 Å². The standard InChI is InChI=1S/C33H30N2O7S/c1-2-18-40-33(39)41-20-25-21-43-31-27(34-26(36)19-22-12-6-3-7-13-22)30(37)35(31)28(25)32(38)42-29(23-14-8-4-9-15-23)24-16-10-5-11-17-24/h2-17,27,29,31H,1,18-21H2,(H,34,36)/t27?,31-/m1/s1. The summed E-state index contributed by atoms with van der Waals surface area (Å²) in [6, 6.07) is 26.9. The van der Waals surface area contributed by atoms with E-state index >= 15 is 0 Å². The largest absolute Gasteiger partial charge is 0.508 e. The van der Waals surface area contributed by atoms with Gasteiger partial charge in [0.05, 0.1) is 6.42 Å². The highest BCUT2D eigenvalue weighted by Crippen LogP contribution is 2.41. The summed E-state index contributed by atoms with van der Waals surface area (Å²) >= 11 is 1.36. The van der Waals surface area contributed by atoms with Crippen LogP contribution in [0.5, 0.6) is 0 Å². The number of hydrogen-bond acceptors (Lipinski definition) is 8. The second-order valence-corrected chi connectivity index (χ2v) is 10.9. The Balaban J connectivity index is 1.39. The molecule has 43 heavy (non-hydrogen) atoms. The fourth-order valence-electron chi connectivity index (χ4n) is 4.85. The third-order valence-electron chi connectivity index (χ3n) is 6.88. The highest BCUT2D eigenvalue weighted by molar-refractivity contribution is 8.00. The van der Waals surface area contributed by atoms with Gasteiger partial charge in [0.2, 0.25) is 5.91 Å². The van der Waals surface area contributed by atoms with E-state index in [9.17, 15) is 19.2 Å². The van der Waals surface area contributed by atoms with Gasteiger partial charge in [-0.05, 0) is 16.7 Å². The SMILES string of the molecule is C=CCOC(=O)OCC1=C(C(=O)OC(c2ccccc2)c2ccccc2)N2C(=O)C(NC(=O)Cc3ccccc3)[C@H]2SC1. The lowest BCUT2D eigenvalue weighted by molar-refractivity contribution is -0.154. The monoisotopic (exact) mass is 598 g/mol. The Hall–Kier alpha value is -4.83. The Morgan fingerprint density at radius 2 is 1.53 bits per heavy atom. The summed E-state index contributed by atoms with van der Waals surface area (Å²) in [7, 11) is 0. The van der Waals surface area contributed by atoms with Gasteiger partial charge in [0, 0.05) is 11.3 Å². The maximum Gasteiger partial charge on any atom is 0.508 e. The average Bonchev–Trinajstić information content (AvgIpc) is 3.04. The number of carbonyl (C=O) groups is 4. The van der Waals surface area contributed by atoms with Crippen molar-refractivity contribution in [2.24, 2.45) is 0 Å². The van der Waals surface area contributed by atoms with Crippen molar-refractivity contribution in [3.05, 3.63) is 132 Å². The second kappa shape index (κ2) is 13.9. The number of fused-ring (bicyclic) bond motifs is 1. The van der Waals surface area contributed by atoms with Crippen LogP contribution in [0.4, 0.5) is 4.79 Å².